The zero-order chi connectivity index (χ0) is 26.3. The first kappa shape index (κ1) is 26.1. The molecule has 3 N–H and O–H groups in total. The summed E-state index contributed by atoms with van der Waals surface area (Å²) >= 11 is 1.48. The number of halogens is 1. The molecule has 2 aliphatic carbocycles. The van der Waals surface area contributed by atoms with Gasteiger partial charge in [-0.05, 0) is 76.8 Å². The third-order valence-corrected chi connectivity index (χ3v) is 8.93. The predicted molar refractivity (Wildman–Crippen MR) is 142 cm³/mol. The van der Waals surface area contributed by atoms with Crippen LogP contribution in [-0.2, 0) is 6.54 Å². The first-order valence-electron chi connectivity index (χ1n) is 13.1. The molecule has 2 fully saturated rings. The number of aryl methyl sites for hydroxylation is 1. The monoisotopic (exact) mass is 529 g/mol. The van der Waals surface area contributed by atoms with Crippen LogP contribution >= 0.6 is 11.8 Å². The summed E-state index contributed by atoms with van der Waals surface area (Å²) in [5.41, 5.74) is 2.37. The SMILES string of the molecule is CSc1cc(C)[nH]c(=O)c1CNC(=O)c1ccc2c(c1C)OC(C)(C1CCC(NC3CC(F)C3)CC1)O2. The summed E-state index contributed by atoms with van der Waals surface area (Å²) in [6, 6.07) is 6.21. The standard InChI is InChI=1S/C28H36FN3O4S/c1-15-11-24(37-4)22(27(34)31-15)14-30-26(33)21-9-10-23-25(16(21)2)36-28(3,35-23)17-5-7-19(8-6-17)32-20-12-18(29)13-20/h9-11,17-20,32H,5-8,12-14H2,1-4H3,(H,30,33)(H,31,34). The third-order valence-electron chi connectivity index (χ3n) is 8.13. The molecule has 1 atom stereocenters. The maximum Gasteiger partial charge on any atom is 0.254 e. The van der Waals surface area contributed by atoms with Crippen LogP contribution in [0.2, 0.25) is 0 Å². The lowest BCUT2D eigenvalue weighted by Gasteiger charge is -2.40. The second-order valence-corrected chi connectivity index (χ2v) is 11.6. The fraction of sp³-hybridized carbons (Fsp3) is 0.571. The molecule has 1 unspecified atom stereocenters. The summed E-state index contributed by atoms with van der Waals surface area (Å²) in [6.45, 7) is 5.83. The highest BCUT2D eigenvalue weighted by atomic mass is 32.2. The molecule has 0 bridgehead atoms. The minimum absolute atomic E-state index is 0.139. The predicted octanol–water partition coefficient (Wildman–Crippen LogP) is 4.78. The summed E-state index contributed by atoms with van der Waals surface area (Å²) in [7, 11) is 0. The van der Waals surface area contributed by atoms with E-state index in [-0.39, 0.29) is 23.9 Å². The van der Waals surface area contributed by atoms with Gasteiger partial charge in [-0.15, -0.1) is 11.8 Å². The van der Waals surface area contributed by atoms with Gasteiger partial charge in [0.15, 0.2) is 11.5 Å². The topological polar surface area (TPSA) is 92.5 Å². The highest BCUT2D eigenvalue weighted by Gasteiger charge is 2.46. The molecule has 2 heterocycles. The zero-order valence-corrected chi connectivity index (χ0v) is 22.7. The Morgan fingerprint density at radius 2 is 1.89 bits per heavy atom. The normalized spacial score (nSPS) is 28.6. The Morgan fingerprint density at radius 1 is 1.16 bits per heavy atom. The average molecular weight is 530 g/mol. The van der Waals surface area contributed by atoms with E-state index < -0.39 is 12.0 Å². The number of ether oxygens (including phenoxy) is 2. The van der Waals surface area contributed by atoms with Crippen molar-refractivity contribution in [3.8, 4) is 11.5 Å². The number of alkyl halides is 1. The number of carbonyl (C=O) groups is 1. The van der Waals surface area contributed by atoms with Gasteiger partial charge >= 0.3 is 0 Å². The smallest absolute Gasteiger partial charge is 0.254 e. The maximum absolute atomic E-state index is 13.1. The second kappa shape index (κ2) is 10.3. The van der Waals surface area contributed by atoms with Gasteiger partial charge in [-0.1, -0.05) is 0 Å². The van der Waals surface area contributed by atoms with E-state index in [2.05, 4.69) is 15.6 Å². The van der Waals surface area contributed by atoms with Gasteiger partial charge in [0.1, 0.15) is 6.17 Å². The van der Waals surface area contributed by atoms with Gasteiger partial charge in [0, 0.05) is 58.7 Å². The first-order chi connectivity index (χ1) is 17.7. The Balaban J connectivity index is 1.22. The van der Waals surface area contributed by atoms with Crippen molar-refractivity contribution in [2.45, 2.75) is 94.8 Å². The molecule has 2 saturated carbocycles. The van der Waals surface area contributed by atoms with Crippen molar-refractivity contribution in [3.05, 3.63) is 50.9 Å². The number of thioether (sulfide) groups is 1. The number of aromatic nitrogens is 1. The number of nitrogens with one attached hydrogen (secondary N) is 3. The summed E-state index contributed by atoms with van der Waals surface area (Å²) in [5.74, 6) is 0.443. The van der Waals surface area contributed by atoms with E-state index in [0.29, 0.717) is 47.6 Å². The number of fused-ring (bicyclic) bond motifs is 1. The Kier molecular flexibility index (Phi) is 7.29. The van der Waals surface area contributed by atoms with Gasteiger partial charge < -0.3 is 25.1 Å². The van der Waals surface area contributed by atoms with Crippen LogP contribution in [0.25, 0.3) is 0 Å². The van der Waals surface area contributed by atoms with Gasteiger partial charge in [0.2, 0.25) is 0 Å². The number of hydrogen-bond acceptors (Lipinski definition) is 6. The van der Waals surface area contributed by atoms with Gasteiger partial charge in [-0.2, -0.15) is 0 Å². The molecule has 1 aliphatic heterocycles. The fourth-order valence-corrected chi connectivity index (χ4v) is 6.54. The van der Waals surface area contributed by atoms with Crippen LogP contribution in [0.5, 0.6) is 11.5 Å². The molecule has 5 rings (SSSR count). The molecule has 0 saturated heterocycles. The van der Waals surface area contributed by atoms with E-state index >= 15 is 0 Å². The molecule has 7 nitrogen and oxygen atoms in total. The summed E-state index contributed by atoms with van der Waals surface area (Å²) in [6.07, 6.45) is 6.49. The number of pyridine rings is 1. The summed E-state index contributed by atoms with van der Waals surface area (Å²) < 4.78 is 25.9. The first-order valence-corrected chi connectivity index (χ1v) is 14.4. The van der Waals surface area contributed by atoms with Crippen molar-refractivity contribution >= 4 is 17.7 Å². The van der Waals surface area contributed by atoms with Crippen molar-refractivity contribution in [2.24, 2.45) is 5.92 Å². The molecule has 3 aliphatic rings. The third kappa shape index (κ3) is 5.25. The number of aromatic amines is 1. The van der Waals surface area contributed by atoms with E-state index in [1.165, 1.54) is 11.8 Å². The molecule has 200 valence electrons. The molecular weight excluding hydrogens is 493 g/mol. The number of benzene rings is 1. The van der Waals surface area contributed by atoms with E-state index in [9.17, 15) is 14.0 Å². The molecule has 1 aromatic heterocycles. The van der Waals surface area contributed by atoms with Crippen LogP contribution in [0, 0.1) is 19.8 Å². The van der Waals surface area contributed by atoms with Crippen molar-refractivity contribution in [1.82, 2.24) is 15.6 Å². The molecule has 0 spiro atoms. The molecule has 1 amide bonds. The Labute approximate surface area is 221 Å². The lowest BCUT2D eigenvalue weighted by atomic mass is 9.80. The van der Waals surface area contributed by atoms with E-state index in [1.807, 2.05) is 33.1 Å². The summed E-state index contributed by atoms with van der Waals surface area (Å²) in [5, 5.41) is 6.50. The van der Waals surface area contributed by atoms with E-state index in [0.717, 1.165) is 41.8 Å². The Hall–Kier alpha value is -2.52. The lowest BCUT2D eigenvalue weighted by molar-refractivity contribution is -0.121. The van der Waals surface area contributed by atoms with Crippen molar-refractivity contribution in [3.63, 3.8) is 0 Å². The minimum atomic E-state index is -0.782. The quantitative estimate of drug-likeness (QED) is 0.447. The Bertz CT molecular complexity index is 1240. The van der Waals surface area contributed by atoms with Crippen LogP contribution in [0.4, 0.5) is 4.39 Å². The van der Waals surface area contributed by atoms with Crippen LogP contribution in [0.1, 0.15) is 72.6 Å². The van der Waals surface area contributed by atoms with Crippen molar-refractivity contribution in [1.29, 1.82) is 0 Å². The number of amides is 1. The van der Waals surface area contributed by atoms with Gasteiger partial charge in [0.25, 0.3) is 17.3 Å². The minimum Gasteiger partial charge on any atom is -0.448 e. The van der Waals surface area contributed by atoms with E-state index in [4.69, 9.17) is 9.47 Å². The highest BCUT2D eigenvalue weighted by molar-refractivity contribution is 7.98. The largest absolute Gasteiger partial charge is 0.448 e. The molecule has 9 heteroatoms. The van der Waals surface area contributed by atoms with Crippen molar-refractivity contribution in [2.75, 3.05) is 6.26 Å². The molecule has 1 aromatic carbocycles. The van der Waals surface area contributed by atoms with Gasteiger partial charge in [-0.3, -0.25) is 9.59 Å². The average Bonchev–Trinajstić information content (AvgIpc) is 3.21. The van der Waals surface area contributed by atoms with Crippen LogP contribution < -0.4 is 25.7 Å². The molecule has 2 aromatic rings. The summed E-state index contributed by atoms with van der Waals surface area (Å²) in [4.78, 5) is 29.2. The Morgan fingerprint density at radius 3 is 2.57 bits per heavy atom. The number of H-pyrrole nitrogens is 1. The van der Waals surface area contributed by atoms with Crippen LogP contribution in [0.3, 0.4) is 0 Å². The second-order valence-electron chi connectivity index (χ2n) is 10.8. The zero-order valence-electron chi connectivity index (χ0n) is 21.9. The number of rotatable bonds is 7. The van der Waals surface area contributed by atoms with Crippen LogP contribution in [-0.4, -0.2) is 41.2 Å². The molecular formula is C28H36FN3O4S. The van der Waals surface area contributed by atoms with Gasteiger partial charge in [-0.25, -0.2) is 4.39 Å². The van der Waals surface area contributed by atoms with Crippen molar-refractivity contribution < 1.29 is 18.7 Å². The fourth-order valence-electron chi connectivity index (χ4n) is 5.83. The lowest BCUT2D eigenvalue weighted by Crippen LogP contribution is -2.51. The maximum atomic E-state index is 13.1. The van der Waals surface area contributed by atoms with E-state index in [1.54, 1.807) is 12.1 Å². The van der Waals surface area contributed by atoms with Gasteiger partial charge in [0.05, 0.1) is 0 Å². The highest BCUT2D eigenvalue weighted by Crippen LogP contribution is 2.48. The number of carbonyl (C=O) groups excluding carboxylic acids is 1. The molecule has 0 radical (unpaired) electrons. The number of hydrogen-bond donors (Lipinski definition) is 3. The van der Waals surface area contributed by atoms with Crippen LogP contribution in [0.15, 0.2) is 27.9 Å². The molecule has 37 heavy (non-hydrogen) atoms.